The Morgan fingerprint density at radius 2 is 2.05 bits per heavy atom. The molecular formula is C14H9ClFN5. The summed E-state index contributed by atoms with van der Waals surface area (Å²) in [7, 11) is 0. The zero-order valence-electron chi connectivity index (χ0n) is 10.7. The van der Waals surface area contributed by atoms with Crippen molar-refractivity contribution in [2.24, 2.45) is 0 Å². The topological polar surface area (TPSA) is 56.5 Å². The van der Waals surface area contributed by atoms with Crippen LogP contribution in [0.1, 0.15) is 11.3 Å². The SMILES string of the molecule is Fc1ccc(-n2cc(C=Cc3ccnnc3)nn2)cc1Cl. The van der Waals surface area contributed by atoms with Crippen LogP contribution in [0.25, 0.3) is 17.8 Å². The Balaban J connectivity index is 1.83. The predicted molar refractivity (Wildman–Crippen MR) is 77.3 cm³/mol. The van der Waals surface area contributed by atoms with Crippen molar-refractivity contribution >= 4 is 23.8 Å². The summed E-state index contributed by atoms with van der Waals surface area (Å²) in [5.41, 5.74) is 2.20. The number of halogens is 2. The molecule has 21 heavy (non-hydrogen) atoms. The quantitative estimate of drug-likeness (QED) is 0.746. The first-order chi connectivity index (χ1) is 10.2. The van der Waals surface area contributed by atoms with Gasteiger partial charge in [-0.1, -0.05) is 22.9 Å². The second-order valence-electron chi connectivity index (χ2n) is 4.20. The molecule has 0 spiro atoms. The second-order valence-corrected chi connectivity index (χ2v) is 4.60. The molecule has 0 saturated heterocycles. The van der Waals surface area contributed by atoms with Crippen LogP contribution in [0, 0.1) is 5.82 Å². The van der Waals surface area contributed by atoms with E-state index in [1.165, 1.54) is 16.8 Å². The van der Waals surface area contributed by atoms with Crippen molar-refractivity contribution in [2.45, 2.75) is 0 Å². The van der Waals surface area contributed by atoms with Gasteiger partial charge in [-0.3, -0.25) is 0 Å². The van der Waals surface area contributed by atoms with Crippen LogP contribution in [0.5, 0.6) is 0 Å². The van der Waals surface area contributed by atoms with Gasteiger partial charge in [0.2, 0.25) is 0 Å². The van der Waals surface area contributed by atoms with Crippen molar-refractivity contribution in [3.8, 4) is 5.69 Å². The lowest BCUT2D eigenvalue weighted by molar-refractivity contribution is 0.627. The van der Waals surface area contributed by atoms with E-state index >= 15 is 0 Å². The average Bonchev–Trinajstić information content (AvgIpc) is 2.98. The van der Waals surface area contributed by atoms with E-state index in [1.54, 1.807) is 30.7 Å². The van der Waals surface area contributed by atoms with E-state index in [9.17, 15) is 4.39 Å². The molecule has 104 valence electrons. The van der Waals surface area contributed by atoms with Gasteiger partial charge in [0.15, 0.2) is 0 Å². The fourth-order valence-electron chi connectivity index (χ4n) is 1.69. The van der Waals surface area contributed by atoms with E-state index in [0.29, 0.717) is 11.4 Å². The van der Waals surface area contributed by atoms with Gasteiger partial charge in [0.25, 0.3) is 0 Å². The first kappa shape index (κ1) is 13.4. The van der Waals surface area contributed by atoms with Gasteiger partial charge in [-0.05, 0) is 35.9 Å². The molecule has 0 saturated carbocycles. The van der Waals surface area contributed by atoms with Crippen LogP contribution < -0.4 is 0 Å². The first-order valence-corrected chi connectivity index (χ1v) is 6.43. The lowest BCUT2D eigenvalue weighted by atomic mass is 10.2. The maximum Gasteiger partial charge on any atom is 0.141 e. The summed E-state index contributed by atoms with van der Waals surface area (Å²) < 4.78 is 14.7. The van der Waals surface area contributed by atoms with Gasteiger partial charge >= 0.3 is 0 Å². The number of aromatic nitrogens is 5. The minimum absolute atomic E-state index is 0.0444. The Kier molecular flexibility index (Phi) is 3.70. The number of nitrogens with zero attached hydrogens (tertiary/aromatic N) is 5. The summed E-state index contributed by atoms with van der Waals surface area (Å²) in [6.45, 7) is 0. The van der Waals surface area contributed by atoms with Gasteiger partial charge in [0, 0.05) is 0 Å². The van der Waals surface area contributed by atoms with Crippen LogP contribution >= 0.6 is 11.6 Å². The summed E-state index contributed by atoms with van der Waals surface area (Å²) in [5.74, 6) is -0.467. The fraction of sp³-hybridized carbons (Fsp3) is 0. The molecule has 0 atom stereocenters. The summed E-state index contributed by atoms with van der Waals surface area (Å²) in [5, 5.41) is 15.5. The van der Waals surface area contributed by atoms with E-state index in [1.807, 2.05) is 12.1 Å². The highest BCUT2D eigenvalue weighted by atomic mass is 35.5. The van der Waals surface area contributed by atoms with Gasteiger partial charge in [-0.2, -0.15) is 10.2 Å². The zero-order chi connectivity index (χ0) is 14.7. The van der Waals surface area contributed by atoms with Crippen molar-refractivity contribution in [1.29, 1.82) is 0 Å². The number of hydrogen-bond acceptors (Lipinski definition) is 4. The molecule has 3 rings (SSSR count). The molecule has 0 fully saturated rings. The third kappa shape index (κ3) is 3.11. The van der Waals surface area contributed by atoms with Gasteiger partial charge in [0.05, 0.1) is 29.3 Å². The van der Waals surface area contributed by atoms with Gasteiger partial charge in [-0.25, -0.2) is 9.07 Å². The Morgan fingerprint density at radius 3 is 2.81 bits per heavy atom. The molecule has 5 nitrogen and oxygen atoms in total. The number of hydrogen-bond donors (Lipinski definition) is 0. The van der Waals surface area contributed by atoms with Crippen LogP contribution in [0.2, 0.25) is 5.02 Å². The summed E-state index contributed by atoms with van der Waals surface area (Å²) in [6.07, 6.45) is 8.61. The van der Waals surface area contributed by atoms with Gasteiger partial charge in [-0.15, -0.1) is 5.10 Å². The molecule has 1 aromatic carbocycles. The molecule has 2 aromatic heterocycles. The minimum Gasteiger partial charge on any atom is -0.220 e. The van der Waals surface area contributed by atoms with Crippen LogP contribution in [-0.4, -0.2) is 25.2 Å². The molecule has 7 heteroatoms. The van der Waals surface area contributed by atoms with E-state index < -0.39 is 5.82 Å². The van der Waals surface area contributed by atoms with Crippen LogP contribution in [-0.2, 0) is 0 Å². The largest absolute Gasteiger partial charge is 0.220 e. The van der Waals surface area contributed by atoms with Crippen molar-refractivity contribution < 1.29 is 4.39 Å². The predicted octanol–water partition coefficient (Wildman–Crippen LogP) is 3.02. The summed E-state index contributed by atoms with van der Waals surface area (Å²) in [4.78, 5) is 0. The van der Waals surface area contributed by atoms with Crippen molar-refractivity contribution in [3.63, 3.8) is 0 Å². The van der Waals surface area contributed by atoms with E-state index in [2.05, 4.69) is 20.5 Å². The number of rotatable bonds is 3. The Bertz CT molecular complexity index is 785. The molecule has 0 N–H and O–H groups in total. The lowest BCUT2D eigenvalue weighted by Gasteiger charge is -2.00. The molecule has 0 unspecified atom stereocenters. The van der Waals surface area contributed by atoms with E-state index in [0.717, 1.165) is 5.56 Å². The molecule has 0 aliphatic rings. The van der Waals surface area contributed by atoms with E-state index in [-0.39, 0.29) is 5.02 Å². The second kappa shape index (κ2) is 5.80. The third-order valence-electron chi connectivity index (χ3n) is 2.73. The summed E-state index contributed by atoms with van der Waals surface area (Å²) >= 11 is 5.75. The van der Waals surface area contributed by atoms with Crippen LogP contribution in [0.15, 0.2) is 42.9 Å². The molecule has 3 aromatic rings. The van der Waals surface area contributed by atoms with E-state index in [4.69, 9.17) is 11.6 Å². The summed E-state index contributed by atoms with van der Waals surface area (Å²) in [6, 6.07) is 6.19. The fourth-order valence-corrected chi connectivity index (χ4v) is 1.86. The molecule has 0 amide bonds. The highest BCUT2D eigenvalue weighted by molar-refractivity contribution is 6.30. The van der Waals surface area contributed by atoms with Crippen molar-refractivity contribution in [2.75, 3.05) is 0 Å². The monoisotopic (exact) mass is 301 g/mol. The Hall–Kier alpha value is -2.60. The normalized spacial score (nSPS) is 11.1. The first-order valence-electron chi connectivity index (χ1n) is 6.05. The molecule has 0 aliphatic carbocycles. The third-order valence-corrected chi connectivity index (χ3v) is 3.02. The molecule has 0 bridgehead atoms. The average molecular weight is 302 g/mol. The van der Waals surface area contributed by atoms with Gasteiger partial charge in [0.1, 0.15) is 11.5 Å². The minimum atomic E-state index is -0.467. The Labute approximate surface area is 124 Å². The van der Waals surface area contributed by atoms with Crippen molar-refractivity contribution in [1.82, 2.24) is 25.2 Å². The highest BCUT2D eigenvalue weighted by Crippen LogP contribution is 2.18. The Morgan fingerprint density at radius 1 is 1.14 bits per heavy atom. The maximum absolute atomic E-state index is 13.1. The van der Waals surface area contributed by atoms with Gasteiger partial charge < -0.3 is 0 Å². The maximum atomic E-state index is 13.1. The lowest BCUT2D eigenvalue weighted by Crippen LogP contribution is -1.95. The standard InChI is InChI=1S/C14H9ClFN5/c15-13-7-12(3-4-14(13)16)21-9-11(19-20-21)2-1-10-5-6-17-18-8-10/h1-9H. The van der Waals surface area contributed by atoms with Crippen LogP contribution in [0.3, 0.4) is 0 Å². The molecular weight excluding hydrogens is 293 g/mol. The van der Waals surface area contributed by atoms with Crippen molar-refractivity contribution in [3.05, 3.63) is 65.0 Å². The molecule has 0 radical (unpaired) electrons. The smallest absolute Gasteiger partial charge is 0.141 e. The highest BCUT2D eigenvalue weighted by Gasteiger charge is 2.04. The zero-order valence-corrected chi connectivity index (χ0v) is 11.4. The number of benzene rings is 1. The molecule has 2 heterocycles. The van der Waals surface area contributed by atoms with Crippen LogP contribution in [0.4, 0.5) is 4.39 Å². The molecule has 0 aliphatic heterocycles.